The Hall–Kier alpha value is -0.450. The number of likely N-dealkylation sites (N-methyl/N-ethyl adjacent to an activating group) is 1. The zero-order valence-electron chi connectivity index (χ0n) is 11.5. The number of nitrogens with zero attached hydrogens (tertiary/aromatic N) is 2. The van der Waals surface area contributed by atoms with Crippen LogP contribution in [0.3, 0.4) is 0 Å². The van der Waals surface area contributed by atoms with Gasteiger partial charge in [-0.05, 0) is 33.9 Å². The van der Waals surface area contributed by atoms with Crippen molar-refractivity contribution in [1.29, 1.82) is 0 Å². The SMILES string of the molecule is CCN(CC)C(C)(C)C(O)Cc1nc(C)cs1. The smallest absolute Gasteiger partial charge is 0.0954 e. The Morgan fingerprint density at radius 3 is 2.41 bits per heavy atom. The Balaban J connectivity index is 2.71. The molecular weight excluding hydrogens is 232 g/mol. The monoisotopic (exact) mass is 256 g/mol. The maximum atomic E-state index is 10.4. The fourth-order valence-electron chi connectivity index (χ4n) is 2.16. The van der Waals surface area contributed by atoms with Crippen LogP contribution in [-0.2, 0) is 6.42 Å². The van der Waals surface area contributed by atoms with Crippen molar-refractivity contribution in [2.24, 2.45) is 0 Å². The van der Waals surface area contributed by atoms with Crippen molar-refractivity contribution in [3.63, 3.8) is 0 Å². The van der Waals surface area contributed by atoms with Crippen LogP contribution in [0.4, 0.5) is 0 Å². The maximum Gasteiger partial charge on any atom is 0.0954 e. The predicted octanol–water partition coefficient (Wildman–Crippen LogP) is 2.48. The number of thiazole rings is 1. The lowest BCUT2D eigenvalue weighted by atomic mass is 9.92. The molecule has 0 spiro atoms. The molecule has 1 rings (SSSR count). The second-order valence-corrected chi connectivity index (χ2v) is 5.87. The lowest BCUT2D eigenvalue weighted by molar-refractivity contribution is -0.00418. The van der Waals surface area contributed by atoms with E-state index in [4.69, 9.17) is 0 Å². The summed E-state index contributed by atoms with van der Waals surface area (Å²) < 4.78 is 0. The number of hydrogen-bond acceptors (Lipinski definition) is 4. The highest BCUT2D eigenvalue weighted by Gasteiger charge is 2.33. The van der Waals surface area contributed by atoms with Gasteiger partial charge >= 0.3 is 0 Å². The molecule has 17 heavy (non-hydrogen) atoms. The van der Waals surface area contributed by atoms with Crippen molar-refractivity contribution in [3.8, 4) is 0 Å². The molecule has 3 nitrogen and oxygen atoms in total. The molecule has 0 radical (unpaired) electrons. The van der Waals surface area contributed by atoms with E-state index in [9.17, 15) is 5.11 Å². The van der Waals surface area contributed by atoms with E-state index in [1.165, 1.54) is 0 Å². The summed E-state index contributed by atoms with van der Waals surface area (Å²) in [6.45, 7) is 12.4. The van der Waals surface area contributed by atoms with E-state index >= 15 is 0 Å². The van der Waals surface area contributed by atoms with Crippen LogP contribution in [0, 0.1) is 6.92 Å². The Bertz CT molecular complexity index is 345. The van der Waals surface area contributed by atoms with E-state index in [0.717, 1.165) is 23.8 Å². The van der Waals surface area contributed by atoms with Crippen LogP contribution in [0.2, 0.25) is 0 Å². The lowest BCUT2D eigenvalue weighted by Gasteiger charge is -2.40. The number of rotatable bonds is 6. The van der Waals surface area contributed by atoms with Crippen molar-refractivity contribution in [2.75, 3.05) is 13.1 Å². The molecule has 1 unspecified atom stereocenters. The van der Waals surface area contributed by atoms with Gasteiger partial charge in [-0.3, -0.25) is 4.90 Å². The standard InChI is InChI=1S/C13H24N2OS/c1-6-15(7-2)13(4,5)11(16)8-12-14-10(3)9-17-12/h9,11,16H,6-8H2,1-5H3. The van der Waals surface area contributed by atoms with Gasteiger partial charge in [-0.25, -0.2) is 4.98 Å². The fourth-order valence-corrected chi connectivity index (χ4v) is 2.97. The third kappa shape index (κ3) is 3.50. The Morgan fingerprint density at radius 2 is 2.00 bits per heavy atom. The minimum Gasteiger partial charge on any atom is -0.391 e. The van der Waals surface area contributed by atoms with E-state index in [1.807, 2.05) is 12.3 Å². The molecule has 0 aromatic carbocycles. The van der Waals surface area contributed by atoms with E-state index in [0.29, 0.717) is 6.42 Å². The molecule has 0 saturated carbocycles. The average molecular weight is 256 g/mol. The van der Waals surface area contributed by atoms with Crippen LogP contribution in [0.5, 0.6) is 0 Å². The first-order valence-corrected chi connectivity index (χ1v) is 7.13. The molecule has 0 aliphatic rings. The number of aliphatic hydroxyl groups is 1. The van der Waals surface area contributed by atoms with Crippen LogP contribution < -0.4 is 0 Å². The zero-order chi connectivity index (χ0) is 13.1. The third-order valence-corrected chi connectivity index (χ3v) is 4.42. The van der Waals surface area contributed by atoms with Gasteiger partial charge in [-0.2, -0.15) is 0 Å². The van der Waals surface area contributed by atoms with Crippen molar-refractivity contribution < 1.29 is 5.11 Å². The molecule has 1 N–H and O–H groups in total. The molecule has 1 heterocycles. The summed E-state index contributed by atoms with van der Waals surface area (Å²) in [5.41, 5.74) is 0.834. The van der Waals surface area contributed by atoms with Crippen LogP contribution in [0.25, 0.3) is 0 Å². The first-order chi connectivity index (χ1) is 7.91. The second-order valence-electron chi connectivity index (χ2n) is 4.93. The topological polar surface area (TPSA) is 36.4 Å². The van der Waals surface area contributed by atoms with Gasteiger partial charge in [0.25, 0.3) is 0 Å². The highest BCUT2D eigenvalue weighted by atomic mass is 32.1. The minimum absolute atomic E-state index is 0.205. The molecule has 1 aromatic heterocycles. The molecule has 0 amide bonds. The van der Waals surface area contributed by atoms with Crippen molar-refractivity contribution in [3.05, 3.63) is 16.1 Å². The van der Waals surface area contributed by atoms with E-state index in [2.05, 4.69) is 37.6 Å². The number of aliphatic hydroxyl groups excluding tert-OH is 1. The summed E-state index contributed by atoms with van der Waals surface area (Å²) in [7, 11) is 0. The minimum atomic E-state index is -0.382. The van der Waals surface area contributed by atoms with Gasteiger partial charge in [0.2, 0.25) is 0 Å². The van der Waals surface area contributed by atoms with Gasteiger partial charge in [-0.1, -0.05) is 13.8 Å². The highest BCUT2D eigenvalue weighted by molar-refractivity contribution is 7.09. The van der Waals surface area contributed by atoms with Crippen LogP contribution in [0.1, 0.15) is 38.4 Å². The van der Waals surface area contributed by atoms with Crippen LogP contribution in [0.15, 0.2) is 5.38 Å². The largest absolute Gasteiger partial charge is 0.391 e. The van der Waals surface area contributed by atoms with Crippen molar-refractivity contribution in [1.82, 2.24) is 9.88 Å². The summed E-state index contributed by atoms with van der Waals surface area (Å²) in [5, 5.41) is 13.5. The van der Waals surface area contributed by atoms with Crippen LogP contribution >= 0.6 is 11.3 Å². The molecule has 0 fully saturated rings. The second kappa shape index (κ2) is 5.94. The Kier molecular flexibility index (Phi) is 5.10. The zero-order valence-corrected chi connectivity index (χ0v) is 12.3. The van der Waals surface area contributed by atoms with Gasteiger partial charge in [0, 0.05) is 23.0 Å². The van der Waals surface area contributed by atoms with E-state index in [-0.39, 0.29) is 11.6 Å². The molecule has 98 valence electrons. The number of aromatic nitrogens is 1. The summed E-state index contributed by atoms with van der Waals surface area (Å²) >= 11 is 1.63. The molecule has 4 heteroatoms. The molecule has 0 aliphatic heterocycles. The van der Waals surface area contributed by atoms with E-state index in [1.54, 1.807) is 11.3 Å². The average Bonchev–Trinajstić information content (AvgIpc) is 2.65. The quantitative estimate of drug-likeness (QED) is 0.849. The molecule has 1 aromatic rings. The normalized spacial score (nSPS) is 14.3. The Morgan fingerprint density at radius 1 is 1.41 bits per heavy atom. The van der Waals surface area contributed by atoms with Gasteiger partial charge in [0.15, 0.2) is 0 Å². The summed E-state index contributed by atoms with van der Waals surface area (Å²) in [6, 6.07) is 0. The number of hydrogen-bond donors (Lipinski definition) is 1. The summed E-state index contributed by atoms with van der Waals surface area (Å²) in [4.78, 5) is 6.70. The molecule has 0 saturated heterocycles. The predicted molar refractivity (Wildman–Crippen MR) is 73.6 cm³/mol. The maximum absolute atomic E-state index is 10.4. The number of aryl methyl sites for hydroxylation is 1. The first kappa shape index (κ1) is 14.6. The van der Waals surface area contributed by atoms with Gasteiger partial charge in [0.05, 0.1) is 11.1 Å². The first-order valence-electron chi connectivity index (χ1n) is 6.25. The fraction of sp³-hybridized carbons (Fsp3) is 0.769. The van der Waals surface area contributed by atoms with Gasteiger partial charge < -0.3 is 5.11 Å². The van der Waals surface area contributed by atoms with Gasteiger partial charge in [-0.15, -0.1) is 11.3 Å². The lowest BCUT2D eigenvalue weighted by Crippen LogP contribution is -2.53. The van der Waals surface area contributed by atoms with E-state index < -0.39 is 0 Å². The van der Waals surface area contributed by atoms with Crippen LogP contribution in [-0.4, -0.2) is 39.7 Å². The summed E-state index contributed by atoms with van der Waals surface area (Å²) in [6.07, 6.45) is 0.259. The third-order valence-electron chi connectivity index (χ3n) is 3.43. The summed E-state index contributed by atoms with van der Waals surface area (Å²) in [5.74, 6) is 0. The molecule has 1 atom stereocenters. The Labute approximate surface area is 108 Å². The molecule has 0 aliphatic carbocycles. The molecule has 0 bridgehead atoms. The van der Waals surface area contributed by atoms with Crippen molar-refractivity contribution >= 4 is 11.3 Å². The highest BCUT2D eigenvalue weighted by Crippen LogP contribution is 2.23. The molecular formula is C13H24N2OS. The van der Waals surface area contributed by atoms with Gasteiger partial charge in [0.1, 0.15) is 0 Å². The van der Waals surface area contributed by atoms with Crippen molar-refractivity contribution in [2.45, 2.75) is 52.7 Å².